The predicted molar refractivity (Wildman–Crippen MR) is 87.1 cm³/mol. The molecule has 1 aromatic carbocycles. The van der Waals surface area contributed by atoms with Crippen LogP contribution in [0, 0.1) is 5.82 Å². The van der Waals surface area contributed by atoms with E-state index in [0.29, 0.717) is 6.04 Å². The van der Waals surface area contributed by atoms with Crippen molar-refractivity contribution in [1.29, 1.82) is 0 Å². The Bertz CT molecular complexity index is 439. The van der Waals surface area contributed by atoms with Crippen LogP contribution in [-0.2, 0) is 6.42 Å². The van der Waals surface area contributed by atoms with E-state index < -0.39 is 0 Å². The minimum Gasteiger partial charge on any atom is -0.312 e. The normalized spacial score (nSPS) is 19.7. The second-order valence-corrected chi connectivity index (χ2v) is 6.76. The zero-order chi connectivity index (χ0) is 15.3. The van der Waals surface area contributed by atoms with Gasteiger partial charge in [-0.1, -0.05) is 37.5 Å². The van der Waals surface area contributed by atoms with Gasteiger partial charge in [0.05, 0.1) is 0 Å². The van der Waals surface area contributed by atoms with Crippen LogP contribution < -0.4 is 5.32 Å². The van der Waals surface area contributed by atoms with Crippen LogP contribution in [-0.4, -0.2) is 37.1 Å². The number of benzene rings is 1. The quantitative estimate of drug-likeness (QED) is 0.861. The van der Waals surface area contributed by atoms with Crippen molar-refractivity contribution < 1.29 is 4.39 Å². The highest BCUT2D eigenvalue weighted by molar-refractivity contribution is 5.18. The zero-order valence-corrected chi connectivity index (χ0v) is 13.7. The molecule has 118 valence electrons. The Morgan fingerprint density at radius 2 is 1.86 bits per heavy atom. The van der Waals surface area contributed by atoms with Crippen LogP contribution in [0.5, 0.6) is 0 Å². The van der Waals surface area contributed by atoms with E-state index in [9.17, 15) is 4.39 Å². The standard InChI is InChI=1S/C18H29FN2/c1-15(13-16-9-5-6-10-17(16)19)20-14-18(21(2)3)11-7-4-8-12-18/h5-6,9-10,15,20H,4,7-8,11-14H2,1-3H3. The molecule has 0 bridgehead atoms. The number of nitrogens with zero attached hydrogens (tertiary/aromatic N) is 1. The Hall–Kier alpha value is -0.930. The molecule has 0 aromatic heterocycles. The first-order valence-corrected chi connectivity index (χ1v) is 8.18. The Balaban J connectivity index is 1.90. The summed E-state index contributed by atoms with van der Waals surface area (Å²) in [5, 5.41) is 3.64. The van der Waals surface area contributed by atoms with Crippen molar-refractivity contribution in [1.82, 2.24) is 10.2 Å². The Labute approximate surface area is 128 Å². The topological polar surface area (TPSA) is 15.3 Å². The molecule has 21 heavy (non-hydrogen) atoms. The van der Waals surface area contributed by atoms with Gasteiger partial charge in [0.25, 0.3) is 0 Å². The van der Waals surface area contributed by atoms with Crippen molar-refractivity contribution in [3.8, 4) is 0 Å². The van der Waals surface area contributed by atoms with Crippen LogP contribution in [0.15, 0.2) is 24.3 Å². The van der Waals surface area contributed by atoms with Gasteiger partial charge < -0.3 is 10.2 Å². The molecule has 2 nitrogen and oxygen atoms in total. The van der Waals surface area contributed by atoms with Crippen molar-refractivity contribution in [3.05, 3.63) is 35.6 Å². The maximum absolute atomic E-state index is 13.7. The van der Waals surface area contributed by atoms with Gasteiger partial charge in [-0.2, -0.15) is 0 Å². The van der Waals surface area contributed by atoms with Gasteiger partial charge in [-0.15, -0.1) is 0 Å². The molecule has 1 aliphatic carbocycles. The van der Waals surface area contributed by atoms with Gasteiger partial charge in [-0.05, 0) is 51.9 Å². The number of halogens is 1. The van der Waals surface area contributed by atoms with Gasteiger partial charge in [0.2, 0.25) is 0 Å². The first-order chi connectivity index (χ1) is 10.0. The summed E-state index contributed by atoms with van der Waals surface area (Å²) >= 11 is 0. The van der Waals surface area contributed by atoms with Crippen LogP contribution in [0.2, 0.25) is 0 Å². The highest BCUT2D eigenvalue weighted by Crippen LogP contribution is 2.31. The lowest BCUT2D eigenvalue weighted by molar-refractivity contribution is 0.0958. The molecule has 0 radical (unpaired) electrons. The monoisotopic (exact) mass is 292 g/mol. The van der Waals surface area contributed by atoms with Gasteiger partial charge in [0.15, 0.2) is 0 Å². The average molecular weight is 292 g/mol. The number of nitrogens with one attached hydrogen (secondary N) is 1. The van der Waals surface area contributed by atoms with E-state index in [1.165, 1.54) is 32.1 Å². The molecule has 1 aromatic rings. The minimum absolute atomic E-state index is 0.0915. The number of hydrogen-bond acceptors (Lipinski definition) is 2. The summed E-state index contributed by atoms with van der Waals surface area (Å²) in [6.45, 7) is 3.15. The summed E-state index contributed by atoms with van der Waals surface area (Å²) in [6.07, 6.45) is 7.28. The van der Waals surface area contributed by atoms with Gasteiger partial charge >= 0.3 is 0 Å². The third-order valence-corrected chi connectivity index (χ3v) is 5.00. The molecule has 1 N–H and O–H groups in total. The molecular formula is C18H29FN2. The fourth-order valence-corrected chi connectivity index (χ4v) is 3.42. The molecule has 0 heterocycles. The Morgan fingerprint density at radius 3 is 2.48 bits per heavy atom. The minimum atomic E-state index is -0.0915. The van der Waals surface area contributed by atoms with Crippen LogP contribution in [0.4, 0.5) is 4.39 Å². The summed E-state index contributed by atoms with van der Waals surface area (Å²) in [5.74, 6) is -0.0915. The van der Waals surface area contributed by atoms with Crippen molar-refractivity contribution >= 4 is 0 Å². The van der Waals surface area contributed by atoms with Crippen molar-refractivity contribution in [2.75, 3.05) is 20.6 Å². The second-order valence-electron chi connectivity index (χ2n) is 6.76. The van der Waals surface area contributed by atoms with Gasteiger partial charge in [-0.3, -0.25) is 0 Å². The van der Waals surface area contributed by atoms with Gasteiger partial charge in [0.1, 0.15) is 5.82 Å². The first kappa shape index (κ1) is 16.4. The van der Waals surface area contributed by atoms with Crippen LogP contribution in [0.1, 0.15) is 44.6 Å². The zero-order valence-electron chi connectivity index (χ0n) is 13.7. The molecule has 1 unspecified atom stereocenters. The van der Waals surface area contributed by atoms with Crippen LogP contribution >= 0.6 is 0 Å². The molecule has 1 aliphatic rings. The molecule has 0 aliphatic heterocycles. The lowest BCUT2D eigenvalue weighted by Crippen LogP contribution is -2.54. The summed E-state index contributed by atoms with van der Waals surface area (Å²) in [7, 11) is 4.38. The highest BCUT2D eigenvalue weighted by atomic mass is 19.1. The van der Waals surface area contributed by atoms with E-state index in [-0.39, 0.29) is 11.4 Å². The largest absolute Gasteiger partial charge is 0.312 e. The van der Waals surface area contributed by atoms with Crippen LogP contribution in [0.25, 0.3) is 0 Å². The summed E-state index contributed by atoms with van der Waals surface area (Å²) in [5.41, 5.74) is 1.09. The van der Waals surface area contributed by atoms with E-state index in [0.717, 1.165) is 18.5 Å². The van der Waals surface area contributed by atoms with E-state index in [1.54, 1.807) is 12.1 Å². The van der Waals surface area contributed by atoms with E-state index >= 15 is 0 Å². The first-order valence-electron chi connectivity index (χ1n) is 8.18. The van der Waals surface area contributed by atoms with Gasteiger partial charge in [-0.25, -0.2) is 4.39 Å². The number of likely N-dealkylation sites (N-methyl/N-ethyl adjacent to an activating group) is 1. The molecular weight excluding hydrogens is 263 g/mol. The smallest absolute Gasteiger partial charge is 0.126 e. The van der Waals surface area contributed by atoms with Crippen molar-refractivity contribution in [2.45, 2.75) is 57.0 Å². The highest BCUT2D eigenvalue weighted by Gasteiger charge is 2.34. The Kier molecular flexibility index (Phi) is 5.77. The SMILES string of the molecule is CC(Cc1ccccc1F)NCC1(N(C)C)CCCCC1. The summed E-state index contributed by atoms with van der Waals surface area (Å²) < 4.78 is 13.7. The lowest BCUT2D eigenvalue weighted by atomic mass is 9.80. The molecule has 0 amide bonds. The van der Waals surface area contributed by atoms with E-state index in [4.69, 9.17) is 0 Å². The van der Waals surface area contributed by atoms with E-state index in [1.807, 2.05) is 12.1 Å². The fourth-order valence-electron chi connectivity index (χ4n) is 3.42. The number of rotatable bonds is 6. The fraction of sp³-hybridized carbons (Fsp3) is 0.667. The van der Waals surface area contributed by atoms with Crippen molar-refractivity contribution in [2.24, 2.45) is 0 Å². The molecule has 1 atom stereocenters. The summed E-state index contributed by atoms with van der Waals surface area (Å²) in [6, 6.07) is 7.38. The van der Waals surface area contributed by atoms with Crippen LogP contribution in [0.3, 0.4) is 0 Å². The maximum atomic E-state index is 13.7. The Morgan fingerprint density at radius 1 is 1.19 bits per heavy atom. The third kappa shape index (κ3) is 4.27. The summed E-state index contributed by atoms with van der Waals surface area (Å²) in [4.78, 5) is 2.38. The molecule has 0 saturated heterocycles. The van der Waals surface area contributed by atoms with Crippen molar-refractivity contribution in [3.63, 3.8) is 0 Å². The molecule has 0 spiro atoms. The maximum Gasteiger partial charge on any atom is 0.126 e. The van der Waals surface area contributed by atoms with Gasteiger partial charge in [0, 0.05) is 18.1 Å². The number of hydrogen-bond donors (Lipinski definition) is 1. The predicted octanol–water partition coefficient (Wildman–Crippen LogP) is 3.61. The second kappa shape index (κ2) is 7.37. The molecule has 1 saturated carbocycles. The molecule has 1 fully saturated rings. The molecule has 3 heteroatoms. The van der Waals surface area contributed by atoms with E-state index in [2.05, 4.69) is 31.2 Å². The molecule has 2 rings (SSSR count). The third-order valence-electron chi connectivity index (χ3n) is 5.00. The lowest BCUT2D eigenvalue weighted by Gasteiger charge is -2.44. The average Bonchev–Trinajstić information content (AvgIpc) is 2.48.